The van der Waals surface area contributed by atoms with E-state index in [4.69, 9.17) is 11.5 Å². The molecule has 8 nitrogen and oxygen atoms in total. The first kappa shape index (κ1) is 20.8. The molecule has 0 saturated heterocycles. The second-order valence-corrected chi connectivity index (χ2v) is 7.28. The summed E-state index contributed by atoms with van der Waals surface area (Å²) in [6.45, 7) is 0. The van der Waals surface area contributed by atoms with E-state index >= 15 is 0 Å². The molecule has 4 aromatic rings. The summed E-state index contributed by atoms with van der Waals surface area (Å²) in [6, 6.07) is 16.4. The predicted octanol–water partition coefficient (Wildman–Crippen LogP) is 3.45. The molecule has 2 aromatic carbocycles. The van der Waals surface area contributed by atoms with Crippen molar-refractivity contribution in [1.82, 2.24) is 20.4 Å². The van der Waals surface area contributed by atoms with Crippen LogP contribution in [0.15, 0.2) is 60.9 Å². The SMILES string of the molecule is CN(C)c1ccc(-c2cn[nH]c2N)cc1.CN(C)c1ccc(-c2cn[nH]c2N)cc1. The molecule has 0 spiro atoms. The van der Waals surface area contributed by atoms with Gasteiger partial charge in [-0.3, -0.25) is 10.2 Å². The van der Waals surface area contributed by atoms with Crippen LogP contribution in [-0.2, 0) is 0 Å². The highest BCUT2D eigenvalue weighted by atomic mass is 15.1. The van der Waals surface area contributed by atoms with Gasteiger partial charge < -0.3 is 21.3 Å². The molecule has 8 heteroatoms. The van der Waals surface area contributed by atoms with Crippen LogP contribution in [0, 0.1) is 0 Å². The van der Waals surface area contributed by atoms with Gasteiger partial charge in [0.15, 0.2) is 0 Å². The topological polar surface area (TPSA) is 116 Å². The first-order valence-corrected chi connectivity index (χ1v) is 9.50. The third-order valence-corrected chi connectivity index (χ3v) is 4.73. The normalized spacial score (nSPS) is 10.3. The van der Waals surface area contributed by atoms with E-state index in [1.165, 1.54) is 11.4 Å². The quantitative estimate of drug-likeness (QED) is 0.414. The largest absolute Gasteiger partial charge is 0.384 e. The van der Waals surface area contributed by atoms with Crippen LogP contribution in [0.4, 0.5) is 23.0 Å². The van der Waals surface area contributed by atoms with E-state index in [0.29, 0.717) is 11.6 Å². The molecule has 0 atom stereocenters. The number of nitrogens with one attached hydrogen (secondary N) is 2. The van der Waals surface area contributed by atoms with Crippen LogP contribution < -0.4 is 21.3 Å². The first-order chi connectivity index (χ1) is 14.4. The zero-order chi connectivity index (χ0) is 21.7. The Morgan fingerprint density at radius 3 is 1.17 bits per heavy atom. The molecule has 2 heterocycles. The predicted molar refractivity (Wildman–Crippen MR) is 126 cm³/mol. The molecule has 0 aliphatic heterocycles. The molecule has 30 heavy (non-hydrogen) atoms. The van der Waals surface area contributed by atoms with Gasteiger partial charge in [-0.05, 0) is 35.4 Å². The molecule has 2 aromatic heterocycles. The maximum Gasteiger partial charge on any atom is 0.126 e. The number of nitrogens with zero attached hydrogens (tertiary/aromatic N) is 4. The number of hydrogen-bond acceptors (Lipinski definition) is 6. The Hall–Kier alpha value is -3.94. The second-order valence-electron chi connectivity index (χ2n) is 7.28. The molecule has 6 N–H and O–H groups in total. The Kier molecular flexibility index (Phi) is 6.26. The number of aromatic nitrogens is 4. The van der Waals surface area contributed by atoms with Crippen molar-refractivity contribution in [2.24, 2.45) is 0 Å². The fourth-order valence-corrected chi connectivity index (χ4v) is 2.93. The minimum Gasteiger partial charge on any atom is -0.384 e. The van der Waals surface area contributed by atoms with E-state index < -0.39 is 0 Å². The average Bonchev–Trinajstić information content (AvgIpc) is 3.36. The standard InChI is InChI=1S/2C11H14N4/c2*1-15(2)9-5-3-8(4-6-9)10-7-13-14-11(10)12/h2*3-7H,1-2H3,(H3,12,13,14). The lowest BCUT2D eigenvalue weighted by Gasteiger charge is -2.12. The highest BCUT2D eigenvalue weighted by molar-refractivity contribution is 5.75. The summed E-state index contributed by atoms with van der Waals surface area (Å²) in [7, 11) is 8.06. The number of H-pyrrole nitrogens is 2. The fourth-order valence-electron chi connectivity index (χ4n) is 2.93. The van der Waals surface area contributed by atoms with Crippen molar-refractivity contribution in [2.45, 2.75) is 0 Å². The minimum atomic E-state index is 0.604. The van der Waals surface area contributed by atoms with Crippen LogP contribution in [0.5, 0.6) is 0 Å². The lowest BCUT2D eigenvalue weighted by atomic mass is 10.1. The van der Waals surface area contributed by atoms with Gasteiger partial charge in [0.05, 0.1) is 12.4 Å². The fraction of sp³-hybridized carbons (Fsp3) is 0.182. The van der Waals surface area contributed by atoms with Crippen LogP contribution >= 0.6 is 0 Å². The smallest absolute Gasteiger partial charge is 0.126 e. The van der Waals surface area contributed by atoms with Crippen LogP contribution in [0.1, 0.15) is 0 Å². The Balaban J connectivity index is 0.000000171. The molecule has 0 unspecified atom stereocenters. The number of aromatic amines is 2. The maximum atomic E-state index is 5.74. The molecule has 4 rings (SSSR count). The van der Waals surface area contributed by atoms with E-state index in [0.717, 1.165) is 22.3 Å². The number of rotatable bonds is 4. The van der Waals surface area contributed by atoms with Gasteiger partial charge in [0.25, 0.3) is 0 Å². The summed E-state index contributed by atoms with van der Waals surface area (Å²) < 4.78 is 0. The Bertz CT molecular complexity index is 971. The molecule has 0 aliphatic carbocycles. The second kappa shape index (κ2) is 9.04. The van der Waals surface area contributed by atoms with Gasteiger partial charge in [-0.25, -0.2) is 0 Å². The van der Waals surface area contributed by atoms with E-state index in [9.17, 15) is 0 Å². The van der Waals surface area contributed by atoms with Gasteiger partial charge in [-0.15, -0.1) is 0 Å². The summed E-state index contributed by atoms with van der Waals surface area (Å²) >= 11 is 0. The monoisotopic (exact) mass is 404 g/mol. The maximum absolute atomic E-state index is 5.74. The van der Waals surface area contributed by atoms with Gasteiger partial charge in [0, 0.05) is 50.7 Å². The molecule has 0 saturated carbocycles. The van der Waals surface area contributed by atoms with E-state index in [1.807, 2.05) is 52.5 Å². The van der Waals surface area contributed by atoms with Crippen LogP contribution in [-0.4, -0.2) is 48.6 Å². The number of nitrogens with two attached hydrogens (primary N) is 2. The molecular formula is C22H28N8. The molecule has 156 valence electrons. The summed E-state index contributed by atoms with van der Waals surface area (Å²) in [5.41, 5.74) is 17.9. The molecule has 0 radical (unpaired) electrons. The van der Waals surface area contributed by atoms with Crippen molar-refractivity contribution in [3.8, 4) is 22.3 Å². The lowest BCUT2D eigenvalue weighted by molar-refractivity contribution is 1.10. The summed E-state index contributed by atoms with van der Waals surface area (Å²) in [5, 5.41) is 13.2. The number of benzene rings is 2. The Labute approximate surface area is 176 Å². The first-order valence-electron chi connectivity index (χ1n) is 9.50. The van der Waals surface area contributed by atoms with Crippen molar-refractivity contribution < 1.29 is 0 Å². The third-order valence-electron chi connectivity index (χ3n) is 4.73. The summed E-state index contributed by atoms with van der Waals surface area (Å²) in [6.07, 6.45) is 3.47. The Morgan fingerprint density at radius 1 is 0.600 bits per heavy atom. The van der Waals surface area contributed by atoms with Crippen molar-refractivity contribution in [2.75, 3.05) is 49.5 Å². The lowest BCUT2D eigenvalue weighted by Crippen LogP contribution is -2.07. The van der Waals surface area contributed by atoms with Gasteiger partial charge >= 0.3 is 0 Å². The van der Waals surface area contributed by atoms with Gasteiger partial charge in [-0.2, -0.15) is 10.2 Å². The molecule has 0 fully saturated rings. The van der Waals surface area contributed by atoms with Crippen LogP contribution in [0.2, 0.25) is 0 Å². The van der Waals surface area contributed by atoms with Crippen LogP contribution in [0.3, 0.4) is 0 Å². The van der Waals surface area contributed by atoms with Crippen molar-refractivity contribution in [3.05, 3.63) is 60.9 Å². The molecular weight excluding hydrogens is 376 g/mol. The molecule has 0 amide bonds. The highest BCUT2D eigenvalue weighted by Gasteiger charge is 2.05. The van der Waals surface area contributed by atoms with Gasteiger partial charge in [-0.1, -0.05) is 24.3 Å². The van der Waals surface area contributed by atoms with Crippen LogP contribution in [0.25, 0.3) is 22.3 Å². The van der Waals surface area contributed by atoms with Gasteiger partial charge in [0.1, 0.15) is 11.6 Å². The average molecular weight is 405 g/mol. The number of hydrogen-bond donors (Lipinski definition) is 4. The van der Waals surface area contributed by atoms with E-state index in [2.05, 4.69) is 54.5 Å². The van der Waals surface area contributed by atoms with Gasteiger partial charge in [0.2, 0.25) is 0 Å². The van der Waals surface area contributed by atoms with Crippen molar-refractivity contribution in [1.29, 1.82) is 0 Å². The highest BCUT2D eigenvalue weighted by Crippen LogP contribution is 2.26. The molecule has 0 bridgehead atoms. The number of nitrogen functional groups attached to an aromatic ring is 2. The van der Waals surface area contributed by atoms with Crippen molar-refractivity contribution >= 4 is 23.0 Å². The summed E-state index contributed by atoms with van der Waals surface area (Å²) in [5.74, 6) is 1.21. The van der Waals surface area contributed by atoms with Crippen molar-refractivity contribution in [3.63, 3.8) is 0 Å². The zero-order valence-electron chi connectivity index (χ0n) is 17.7. The zero-order valence-corrected chi connectivity index (χ0v) is 17.7. The molecule has 0 aliphatic rings. The number of anilines is 4. The minimum absolute atomic E-state index is 0.604. The van der Waals surface area contributed by atoms with E-state index in [1.54, 1.807) is 12.4 Å². The van der Waals surface area contributed by atoms with E-state index in [-0.39, 0.29) is 0 Å². The third kappa shape index (κ3) is 4.72. The Morgan fingerprint density at radius 2 is 0.933 bits per heavy atom. The summed E-state index contributed by atoms with van der Waals surface area (Å²) in [4.78, 5) is 4.12.